The molecule has 0 saturated heterocycles. The molecular weight excluding hydrogens is 256 g/mol. The highest BCUT2D eigenvalue weighted by Crippen LogP contribution is 2.28. The predicted octanol–water partition coefficient (Wildman–Crippen LogP) is 2.16. The van der Waals surface area contributed by atoms with Crippen molar-refractivity contribution in [3.63, 3.8) is 0 Å². The predicted molar refractivity (Wildman–Crippen MR) is 82.6 cm³/mol. The summed E-state index contributed by atoms with van der Waals surface area (Å²) >= 11 is 0. The molecule has 0 aliphatic rings. The SMILES string of the molecule is CCOc1cc(N(CCOC)C(C)COC)ccc1N. The third-order valence-electron chi connectivity index (χ3n) is 3.10. The van der Waals surface area contributed by atoms with Gasteiger partial charge in [-0.1, -0.05) is 0 Å². The lowest BCUT2D eigenvalue weighted by Gasteiger charge is -2.31. The van der Waals surface area contributed by atoms with Crippen molar-refractivity contribution in [2.45, 2.75) is 19.9 Å². The second-order valence-corrected chi connectivity index (χ2v) is 4.65. The van der Waals surface area contributed by atoms with E-state index < -0.39 is 0 Å². The minimum absolute atomic E-state index is 0.244. The van der Waals surface area contributed by atoms with Crippen LogP contribution in [0.1, 0.15) is 13.8 Å². The molecule has 0 aliphatic carbocycles. The Labute approximate surface area is 121 Å². The lowest BCUT2D eigenvalue weighted by atomic mass is 10.2. The van der Waals surface area contributed by atoms with Crippen molar-refractivity contribution >= 4 is 11.4 Å². The fraction of sp³-hybridized carbons (Fsp3) is 0.600. The summed E-state index contributed by atoms with van der Waals surface area (Å²) in [7, 11) is 3.41. The normalized spacial score (nSPS) is 12.2. The van der Waals surface area contributed by atoms with Crippen LogP contribution in [-0.2, 0) is 9.47 Å². The Kier molecular flexibility index (Phi) is 7.18. The number of hydrogen-bond donors (Lipinski definition) is 1. The maximum atomic E-state index is 5.92. The molecule has 0 amide bonds. The second-order valence-electron chi connectivity index (χ2n) is 4.65. The molecule has 0 aromatic heterocycles. The van der Waals surface area contributed by atoms with Crippen molar-refractivity contribution in [3.05, 3.63) is 18.2 Å². The minimum Gasteiger partial charge on any atom is -0.492 e. The molecule has 0 bridgehead atoms. The molecule has 20 heavy (non-hydrogen) atoms. The average molecular weight is 282 g/mol. The summed E-state index contributed by atoms with van der Waals surface area (Å²) in [6.07, 6.45) is 0. The number of methoxy groups -OCH3 is 2. The number of benzene rings is 1. The molecule has 0 saturated carbocycles. The summed E-state index contributed by atoms with van der Waals surface area (Å²) in [5.41, 5.74) is 7.63. The Hall–Kier alpha value is -1.46. The van der Waals surface area contributed by atoms with Gasteiger partial charge in [-0.25, -0.2) is 0 Å². The van der Waals surface area contributed by atoms with E-state index in [0.717, 1.165) is 18.0 Å². The molecule has 0 radical (unpaired) electrons. The lowest BCUT2D eigenvalue weighted by molar-refractivity contribution is 0.171. The summed E-state index contributed by atoms with van der Waals surface area (Å²) in [6.45, 7) is 6.76. The van der Waals surface area contributed by atoms with Gasteiger partial charge in [0.1, 0.15) is 5.75 Å². The zero-order valence-electron chi connectivity index (χ0n) is 12.9. The van der Waals surface area contributed by atoms with Crippen LogP contribution in [0.15, 0.2) is 18.2 Å². The van der Waals surface area contributed by atoms with E-state index in [4.69, 9.17) is 19.9 Å². The molecule has 0 heterocycles. The van der Waals surface area contributed by atoms with E-state index in [-0.39, 0.29) is 6.04 Å². The first kappa shape index (κ1) is 16.6. The average Bonchev–Trinajstić information content (AvgIpc) is 2.43. The third-order valence-corrected chi connectivity index (χ3v) is 3.10. The first-order valence-corrected chi connectivity index (χ1v) is 6.90. The number of nitrogens with zero attached hydrogens (tertiary/aromatic N) is 1. The van der Waals surface area contributed by atoms with E-state index in [9.17, 15) is 0 Å². The Morgan fingerprint density at radius 1 is 1.25 bits per heavy atom. The molecule has 1 unspecified atom stereocenters. The molecule has 0 spiro atoms. The lowest BCUT2D eigenvalue weighted by Crippen LogP contribution is -2.38. The minimum atomic E-state index is 0.244. The van der Waals surface area contributed by atoms with E-state index in [0.29, 0.717) is 25.5 Å². The van der Waals surface area contributed by atoms with E-state index in [2.05, 4.69) is 11.8 Å². The summed E-state index contributed by atoms with van der Waals surface area (Å²) in [6, 6.07) is 6.09. The van der Waals surface area contributed by atoms with Crippen LogP contribution in [0.25, 0.3) is 0 Å². The first-order valence-electron chi connectivity index (χ1n) is 6.90. The smallest absolute Gasteiger partial charge is 0.144 e. The molecule has 114 valence electrons. The summed E-state index contributed by atoms with van der Waals surface area (Å²) in [5, 5.41) is 0. The largest absolute Gasteiger partial charge is 0.492 e. The molecule has 0 aliphatic heterocycles. The van der Waals surface area contributed by atoms with E-state index in [1.807, 2.05) is 25.1 Å². The quantitative estimate of drug-likeness (QED) is 0.703. The molecule has 0 fully saturated rings. The highest BCUT2D eigenvalue weighted by Gasteiger charge is 2.15. The van der Waals surface area contributed by atoms with Gasteiger partial charge >= 0.3 is 0 Å². The Bertz CT molecular complexity index is 399. The molecule has 2 N–H and O–H groups in total. The molecule has 1 aromatic rings. The van der Waals surface area contributed by atoms with Gasteiger partial charge in [0.15, 0.2) is 0 Å². The zero-order valence-corrected chi connectivity index (χ0v) is 12.9. The van der Waals surface area contributed by atoms with Gasteiger partial charge in [0, 0.05) is 38.6 Å². The van der Waals surface area contributed by atoms with Gasteiger partial charge in [-0.2, -0.15) is 0 Å². The van der Waals surface area contributed by atoms with E-state index in [1.54, 1.807) is 14.2 Å². The van der Waals surface area contributed by atoms with Gasteiger partial charge in [-0.05, 0) is 26.0 Å². The first-order chi connectivity index (χ1) is 9.63. The number of nitrogens with two attached hydrogens (primary N) is 1. The summed E-state index contributed by atoms with van der Waals surface area (Å²) in [5.74, 6) is 0.719. The van der Waals surface area contributed by atoms with Crippen LogP contribution in [0.4, 0.5) is 11.4 Å². The monoisotopic (exact) mass is 282 g/mol. The van der Waals surface area contributed by atoms with Crippen molar-refractivity contribution in [2.24, 2.45) is 0 Å². The van der Waals surface area contributed by atoms with Crippen molar-refractivity contribution < 1.29 is 14.2 Å². The van der Waals surface area contributed by atoms with Crippen LogP contribution >= 0.6 is 0 Å². The fourth-order valence-corrected chi connectivity index (χ4v) is 2.11. The van der Waals surface area contributed by atoms with E-state index in [1.165, 1.54) is 0 Å². The molecule has 1 atom stereocenters. The maximum Gasteiger partial charge on any atom is 0.144 e. The molecular formula is C15H26N2O3. The van der Waals surface area contributed by atoms with Crippen molar-refractivity contribution in [3.8, 4) is 5.75 Å². The standard InChI is InChI=1S/C15H26N2O3/c1-5-20-15-10-13(6-7-14(15)16)17(8-9-18-3)12(2)11-19-4/h6-7,10,12H,5,8-9,11,16H2,1-4H3. The maximum absolute atomic E-state index is 5.92. The second kappa shape index (κ2) is 8.66. The fourth-order valence-electron chi connectivity index (χ4n) is 2.11. The van der Waals surface area contributed by atoms with Crippen LogP contribution in [0.3, 0.4) is 0 Å². The Morgan fingerprint density at radius 2 is 2.00 bits per heavy atom. The van der Waals surface area contributed by atoms with Gasteiger partial charge in [-0.15, -0.1) is 0 Å². The zero-order chi connectivity index (χ0) is 15.0. The van der Waals surface area contributed by atoms with Crippen LogP contribution < -0.4 is 15.4 Å². The number of hydrogen-bond acceptors (Lipinski definition) is 5. The summed E-state index contributed by atoms with van der Waals surface area (Å²) < 4.78 is 16.0. The third kappa shape index (κ3) is 4.58. The summed E-state index contributed by atoms with van der Waals surface area (Å²) in [4.78, 5) is 2.23. The molecule has 5 heteroatoms. The number of rotatable bonds is 9. The topological polar surface area (TPSA) is 57.0 Å². The van der Waals surface area contributed by atoms with Gasteiger partial charge in [0.05, 0.1) is 25.5 Å². The highest BCUT2D eigenvalue weighted by atomic mass is 16.5. The number of anilines is 2. The Balaban J connectivity index is 2.96. The molecule has 1 rings (SSSR count). The molecule has 5 nitrogen and oxygen atoms in total. The highest BCUT2D eigenvalue weighted by molar-refractivity contribution is 5.62. The van der Waals surface area contributed by atoms with Crippen LogP contribution in [0, 0.1) is 0 Å². The van der Waals surface area contributed by atoms with Crippen molar-refractivity contribution in [1.29, 1.82) is 0 Å². The van der Waals surface area contributed by atoms with Crippen molar-refractivity contribution in [1.82, 2.24) is 0 Å². The van der Waals surface area contributed by atoms with Gasteiger partial charge in [-0.3, -0.25) is 0 Å². The van der Waals surface area contributed by atoms with Crippen LogP contribution in [0.5, 0.6) is 5.75 Å². The number of ether oxygens (including phenoxy) is 3. The molecule has 1 aromatic carbocycles. The van der Waals surface area contributed by atoms with Crippen LogP contribution in [0.2, 0.25) is 0 Å². The van der Waals surface area contributed by atoms with Gasteiger partial charge in [0.2, 0.25) is 0 Å². The van der Waals surface area contributed by atoms with Gasteiger partial charge in [0.25, 0.3) is 0 Å². The van der Waals surface area contributed by atoms with Crippen LogP contribution in [-0.4, -0.2) is 46.6 Å². The van der Waals surface area contributed by atoms with E-state index >= 15 is 0 Å². The number of nitrogen functional groups attached to an aromatic ring is 1. The Morgan fingerprint density at radius 3 is 2.60 bits per heavy atom. The van der Waals surface area contributed by atoms with Crippen molar-refractivity contribution in [2.75, 3.05) is 51.2 Å². The van der Waals surface area contributed by atoms with Gasteiger partial charge < -0.3 is 24.8 Å².